The first-order valence-corrected chi connectivity index (χ1v) is 13.8. The maximum absolute atomic E-state index is 12.1. The molecular weight excluding hydrogens is 396 g/mol. The average molecular weight is 443 g/mol. The van der Waals surface area contributed by atoms with Crippen LogP contribution in [-0.4, -0.2) is 25.3 Å². The van der Waals surface area contributed by atoms with E-state index in [1.54, 1.807) is 0 Å². The lowest BCUT2D eigenvalue weighted by molar-refractivity contribution is -0.117. The van der Waals surface area contributed by atoms with Gasteiger partial charge in [0.05, 0.1) is 13.2 Å². The van der Waals surface area contributed by atoms with Crippen LogP contribution in [0.1, 0.15) is 98.3 Å². The second-order valence-corrected chi connectivity index (χ2v) is 12.7. The van der Waals surface area contributed by atoms with Gasteiger partial charge in [-0.05, 0) is 97.9 Å². The van der Waals surface area contributed by atoms with Crippen LogP contribution in [-0.2, 0) is 14.3 Å². The summed E-state index contributed by atoms with van der Waals surface area (Å²) in [5, 5.41) is 0. The van der Waals surface area contributed by atoms with Crippen molar-refractivity contribution >= 4 is 5.78 Å². The Morgan fingerprint density at radius 3 is 2.47 bits per heavy atom. The molecule has 8 unspecified atom stereocenters. The van der Waals surface area contributed by atoms with E-state index in [1.165, 1.54) is 63.4 Å². The molecule has 0 aromatic rings. The van der Waals surface area contributed by atoms with Crippen LogP contribution in [0.25, 0.3) is 0 Å². The van der Waals surface area contributed by atoms with Crippen molar-refractivity contribution in [3.05, 3.63) is 11.6 Å². The third-order valence-electron chi connectivity index (χ3n) is 11.2. The Kier molecular flexibility index (Phi) is 6.38. The molecule has 4 aliphatic carbocycles. The molecule has 1 heterocycles. The second-order valence-electron chi connectivity index (χ2n) is 12.7. The van der Waals surface area contributed by atoms with Gasteiger partial charge < -0.3 is 9.47 Å². The molecule has 0 aromatic heterocycles. The Morgan fingerprint density at radius 1 is 0.938 bits per heavy atom. The highest BCUT2D eigenvalue weighted by Gasteiger charge is 2.59. The Balaban J connectivity index is 1.22. The predicted molar refractivity (Wildman–Crippen MR) is 128 cm³/mol. The van der Waals surface area contributed by atoms with E-state index >= 15 is 0 Å². The standard InChI is InChI=1S/C29H46O3/c1-19(6-5-7-20(2)27-31-16-17-32-27)24-10-11-25-23-9-8-21-18-22(30)12-14-28(21,3)26(23)13-15-29(24,25)4/h18-20,23-27H,5-17H2,1-4H3. The minimum absolute atomic E-state index is 0.0376. The summed E-state index contributed by atoms with van der Waals surface area (Å²) in [6.07, 6.45) is 16.0. The van der Waals surface area contributed by atoms with Crippen LogP contribution in [0.4, 0.5) is 0 Å². The number of carbonyl (C=O) groups is 1. The fraction of sp³-hybridized carbons (Fsp3) is 0.897. The van der Waals surface area contributed by atoms with E-state index in [0.29, 0.717) is 22.5 Å². The van der Waals surface area contributed by atoms with E-state index < -0.39 is 0 Å². The largest absolute Gasteiger partial charge is 0.350 e. The highest BCUT2D eigenvalue weighted by molar-refractivity contribution is 5.91. The number of hydrogen-bond donors (Lipinski definition) is 0. The Bertz CT molecular complexity index is 737. The van der Waals surface area contributed by atoms with E-state index in [9.17, 15) is 4.79 Å². The second kappa shape index (κ2) is 8.84. The molecule has 180 valence electrons. The summed E-state index contributed by atoms with van der Waals surface area (Å²) in [5.41, 5.74) is 2.35. The van der Waals surface area contributed by atoms with E-state index in [2.05, 4.69) is 33.8 Å². The zero-order chi connectivity index (χ0) is 22.5. The fourth-order valence-corrected chi connectivity index (χ4v) is 9.34. The van der Waals surface area contributed by atoms with E-state index in [1.807, 2.05) is 0 Å². The Labute approximate surface area is 196 Å². The van der Waals surface area contributed by atoms with Crippen LogP contribution >= 0.6 is 0 Å². The molecule has 0 N–H and O–H groups in total. The lowest BCUT2D eigenvalue weighted by Crippen LogP contribution is -2.50. The van der Waals surface area contributed by atoms with Crippen molar-refractivity contribution in [3.63, 3.8) is 0 Å². The highest BCUT2D eigenvalue weighted by Crippen LogP contribution is 2.67. The summed E-state index contributed by atoms with van der Waals surface area (Å²) in [4.78, 5) is 12.1. The van der Waals surface area contributed by atoms with Crippen molar-refractivity contribution < 1.29 is 14.3 Å². The molecule has 8 atom stereocenters. The lowest BCUT2D eigenvalue weighted by atomic mass is 9.46. The zero-order valence-corrected chi connectivity index (χ0v) is 21.0. The van der Waals surface area contributed by atoms with Gasteiger partial charge in [0.25, 0.3) is 0 Å². The third-order valence-corrected chi connectivity index (χ3v) is 11.2. The molecule has 1 saturated heterocycles. The number of fused-ring (bicyclic) bond motifs is 5. The van der Waals surface area contributed by atoms with Crippen molar-refractivity contribution in [1.29, 1.82) is 0 Å². The third kappa shape index (κ3) is 3.84. The van der Waals surface area contributed by atoms with Gasteiger partial charge in [-0.2, -0.15) is 0 Å². The van der Waals surface area contributed by atoms with Gasteiger partial charge in [0.2, 0.25) is 0 Å². The predicted octanol–water partition coefficient (Wildman–Crippen LogP) is 6.95. The van der Waals surface area contributed by atoms with Crippen molar-refractivity contribution in [2.45, 2.75) is 105 Å². The molecule has 5 aliphatic rings. The van der Waals surface area contributed by atoms with Gasteiger partial charge in [-0.15, -0.1) is 0 Å². The molecule has 5 rings (SSSR count). The maximum atomic E-state index is 12.1. The summed E-state index contributed by atoms with van der Waals surface area (Å²) < 4.78 is 11.4. The molecule has 0 spiro atoms. The van der Waals surface area contributed by atoms with Crippen molar-refractivity contribution in [2.24, 2.45) is 46.3 Å². The summed E-state index contributed by atoms with van der Waals surface area (Å²) in [7, 11) is 0. The summed E-state index contributed by atoms with van der Waals surface area (Å²) in [6.45, 7) is 11.6. The zero-order valence-electron chi connectivity index (χ0n) is 21.0. The van der Waals surface area contributed by atoms with Gasteiger partial charge in [-0.1, -0.05) is 46.1 Å². The van der Waals surface area contributed by atoms with Crippen LogP contribution in [0.5, 0.6) is 0 Å². The maximum Gasteiger partial charge on any atom is 0.160 e. The molecule has 0 radical (unpaired) electrons. The van der Waals surface area contributed by atoms with Crippen LogP contribution in [0.3, 0.4) is 0 Å². The molecule has 3 heteroatoms. The van der Waals surface area contributed by atoms with Gasteiger partial charge in [0.1, 0.15) is 0 Å². The van der Waals surface area contributed by atoms with Crippen LogP contribution in [0.2, 0.25) is 0 Å². The molecular formula is C29H46O3. The lowest BCUT2D eigenvalue weighted by Gasteiger charge is -2.58. The SMILES string of the molecule is CC(CCCC(C)C1CCC2C3CCC4=CC(=O)CCC4(C)C3CCC12C)C1OCCO1. The van der Waals surface area contributed by atoms with E-state index in [0.717, 1.165) is 55.6 Å². The fourth-order valence-electron chi connectivity index (χ4n) is 9.34. The summed E-state index contributed by atoms with van der Waals surface area (Å²) in [5.74, 6) is 5.21. The number of rotatable bonds is 6. The van der Waals surface area contributed by atoms with Crippen molar-refractivity contribution in [1.82, 2.24) is 0 Å². The molecule has 4 fully saturated rings. The molecule has 3 nitrogen and oxygen atoms in total. The van der Waals surface area contributed by atoms with Crippen LogP contribution in [0.15, 0.2) is 11.6 Å². The average Bonchev–Trinajstić information content (AvgIpc) is 3.42. The number of ether oxygens (including phenoxy) is 2. The number of ketones is 1. The molecule has 0 aromatic carbocycles. The first-order chi connectivity index (χ1) is 15.3. The normalized spacial score (nSPS) is 43.9. The molecule has 0 bridgehead atoms. The highest BCUT2D eigenvalue weighted by atomic mass is 16.7. The van der Waals surface area contributed by atoms with Crippen molar-refractivity contribution in [2.75, 3.05) is 13.2 Å². The van der Waals surface area contributed by atoms with Gasteiger partial charge in [-0.3, -0.25) is 4.79 Å². The quantitative estimate of drug-likeness (QED) is 0.446. The number of allylic oxidation sites excluding steroid dienone is 1. The van der Waals surface area contributed by atoms with Gasteiger partial charge in [0, 0.05) is 12.3 Å². The number of carbonyl (C=O) groups excluding carboxylic acids is 1. The van der Waals surface area contributed by atoms with Gasteiger partial charge in [-0.25, -0.2) is 0 Å². The number of hydrogen-bond acceptors (Lipinski definition) is 3. The monoisotopic (exact) mass is 442 g/mol. The molecule has 0 amide bonds. The first-order valence-electron chi connectivity index (χ1n) is 13.8. The van der Waals surface area contributed by atoms with Gasteiger partial charge in [0.15, 0.2) is 12.1 Å². The Hall–Kier alpha value is -0.670. The smallest absolute Gasteiger partial charge is 0.160 e. The minimum atomic E-state index is 0.0376. The van der Waals surface area contributed by atoms with Gasteiger partial charge >= 0.3 is 0 Å². The topological polar surface area (TPSA) is 35.5 Å². The van der Waals surface area contributed by atoms with E-state index in [4.69, 9.17) is 9.47 Å². The molecule has 1 aliphatic heterocycles. The Morgan fingerprint density at radius 2 is 1.69 bits per heavy atom. The first kappa shape index (κ1) is 23.1. The molecule has 32 heavy (non-hydrogen) atoms. The van der Waals surface area contributed by atoms with Crippen LogP contribution in [0, 0.1) is 46.3 Å². The minimum Gasteiger partial charge on any atom is -0.350 e. The summed E-state index contributed by atoms with van der Waals surface area (Å²) in [6, 6.07) is 0. The van der Waals surface area contributed by atoms with Crippen LogP contribution < -0.4 is 0 Å². The van der Waals surface area contributed by atoms with E-state index in [-0.39, 0.29) is 6.29 Å². The molecule has 3 saturated carbocycles. The van der Waals surface area contributed by atoms with Crippen molar-refractivity contribution in [3.8, 4) is 0 Å². The summed E-state index contributed by atoms with van der Waals surface area (Å²) >= 11 is 0.